The van der Waals surface area contributed by atoms with Crippen LogP contribution in [0.4, 0.5) is 5.69 Å². The van der Waals surface area contributed by atoms with Crippen LogP contribution in [0.5, 0.6) is 0 Å². The van der Waals surface area contributed by atoms with E-state index in [2.05, 4.69) is 10.3 Å². The highest BCUT2D eigenvalue weighted by Crippen LogP contribution is 2.17. The molecule has 22 heavy (non-hydrogen) atoms. The first-order valence-corrected chi connectivity index (χ1v) is 7.00. The second kappa shape index (κ2) is 7.04. The van der Waals surface area contributed by atoms with E-state index in [9.17, 15) is 9.59 Å². The second-order valence-electron chi connectivity index (χ2n) is 4.74. The number of esters is 1. The molecule has 114 valence electrons. The summed E-state index contributed by atoms with van der Waals surface area (Å²) in [5.74, 6) is -1.03. The van der Waals surface area contributed by atoms with Crippen molar-refractivity contribution in [3.63, 3.8) is 0 Å². The first kappa shape index (κ1) is 16.0. The molecule has 1 heterocycles. The summed E-state index contributed by atoms with van der Waals surface area (Å²) in [6, 6.07) is 8.45. The summed E-state index contributed by atoms with van der Waals surface area (Å²) in [5, 5.41) is 2.90. The van der Waals surface area contributed by atoms with Gasteiger partial charge in [0.25, 0.3) is 5.91 Å². The summed E-state index contributed by atoms with van der Waals surface area (Å²) in [7, 11) is 0. The Labute approximate surface area is 133 Å². The van der Waals surface area contributed by atoms with E-state index in [0.717, 1.165) is 11.1 Å². The minimum Gasteiger partial charge on any atom is -0.452 e. The van der Waals surface area contributed by atoms with Gasteiger partial charge in [-0.25, -0.2) is 9.78 Å². The topological polar surface area (TPSA) is 68.3 Å². The van der Waals surface area contributed by atoms with Crippen molar-refractivity contribution in [1.29, 1.82) is 0 Å². The molecule has 0 saturated carbocycles. The quantitative estimate of drug-likeness (QED) is 0.694. The largest absolute Gasteiger partial charge is 0.452 e. The van der Waals surface area contributed by atoms with Gasteiger partial charge < -0.3 is 10.1 Å². The van der Waals surface area contributed by atoms with Gasteiger partial charge in [0.15, 0.2) is 6.61 Å². The van der Waals surface area contributed by atoms with Crippen LogP contribution < -0.4 is 5.32 Å². The van der Waals surface area contributed by atoms with Crippen LogP contribution in [-0.4, -0.2) is 23.5 Å². The lowest BCUT2D eigenvalue weighted by Crippen LogP contribution is -2.21. The Balaban J connectivity index is 1.93. The predicted molar refractivity (Wildman–Crippen MR) is 84.1 cm³/mol. The van der Waals surface area contributed by atoms with E-state index in [1.165, 1.54) is 18.3 Å². The summed E-state index contributed by atoms with van der Waals surface area (Å²) in [5.41, 5.74) is 3.00. The van der Waals surface area contributed by atoms with Crippen molar-refractivity contribution in [3.8, 4) is 0 Å². The Kier molecular flexibility index (Phi) is 5.12. The molecular formula is C16H15ClN2O3. The SMILES string of the molecule is Cc1cccc(NC(=O)COC(=O)c2ccnc(Cl)c2)c1C. The maximum atomic E-state index is 11.9. The third kappa shape index (κ3) is 4.05. The molecule has 0 saturated heterocycles. The van der Waals surface area contributed by atoms with Gasteiger partial charge >= 0.3 is 5.97 Å². The molecule has 0 unspecified atom stereocenters. The highest BCUT2D eigenvalue weighted by Gasteiger charge is 2.12. The molecule has 2 rings (SSSR count). The lowest BCUT2D eigenvalue weighted by molar-refractivity contribution is -0.119. The monoisotopic (exact) mass is 318 g/mol. The number of ether oxygens (including phenoxy) is 1. The third-order valence-corrected chi connectivity index (χ3v) is 3.38. The van der Waals surface area contributed by atoms with Crippen molar-refractivity contribution in [1.82, 2.24) is 4.98 Å². The number of pyridine rings is 1. The summed E-state index contributed by atoms with van der Waals surface area (Å²) < 4.78 is 4.95. The summed E-state index contributed by atoms with van der Waals surface area (Å²) in [6.07, 6.45) is 1.40. The average molecular weight is 319 g/mol. The Hall–Kier alpha value is -2.40. The van der Waals surface area contributed by atoms with Crippen LogP contribution in [-0.2, 0) is 9.53 Å². The number of halogens is 1. The molecule has 1 amide bonds. The number of benzene rings is 1. The van der Waals surface area contributed by atoms with Crippen LogP contribution in [0.1, 0.15) is 21.5 Å². The van der Waals surface area contributed by atoms with Gasteiger partial charge in [-0.05, 0) is 43.2 Å². The zero-order valence-corrected chi connectivity index (χ0v) is 13.0. The smallest absolute Gasteiger partial charge is 0.338 e. The first-order chi connectivity index (χ1) is 10.5. The van der Waals surface area contributed by atoms with Crippen LogP contribution in [0.25, 0.3) is 0 Å². The Morgan fingerprint density at radius 1 is 1.27 bits per heavy atom. The fourth-order valence-electron chi connectivity index (χ4n) is 1.82. The fraction of sp³-hybridized carbons (Fsp3) is 0.188. The van der Waals surface area contributed by atoms with E-state index in [1.807, 2.05) is 26.0 Å². The van der Waals surface area contributed by atoms with Gasteiger partial charge in [0.05, 0.1) is 5.56 Å². The van der Waals surface area contributed by atoms with Gasteiger partial charge in [0.2, 0.25) is 0 Å². The van der Waals surface area contributed by atoms with Gasteiger partial charge in [0, 0.05) is 11.9 Å². The molecule has 6 heteroatoms. The molecule has 0 spiro atoms. The van der Waals surface area contributed by atoms with E-state index in [-0.39, 0.29) is 17.3 Å². The van der Waals surface area contributed by atoms with Crippen LogP contribution in [0.3, 0.4) is 0 Å². The Morgan fingerprint density at radius 2 is 2.05 bits per heavy atom. The molecule has 0 fully saturated rings. The molecule has 0 atom stereocenters. The normalized spacial score (nSPS) is 10.1. The number of aromatic nitrogens is 1. The van der Waals surface area contributed by atoms with E-state index >= 15 is 0 Å². The minimum absolute atomic E-state index is 0.189. The number of hydrogen-bond donors (Lipinski definition) is 1. The van der Waals surface area contributed by atoms with E-state index in [1.54, 1.807) is 6.07 Å². The molecule has 2 aromatic rings. The van der Waals surface area contributed by atoms with Crippen LogP contribution in [0, 0.1) is 13.8 Å². The standard InChI is InChI=1S/C16H15ClN2O3/c1-10-4-3-5-13(11(10)2)19-15(20)9-22-16(21)12-6-7-18-14(17)8-12/h3-8H,9H2,1-2H3,(H,19,20). The van der Waals surface area contributed by atoms with Gasteiger partial charge in [-0.15, -0.1) is 0 Å². The summed E-state index contributed by atoms with van der Waals surface area (Å²) in [4.78, 5) is 27.4. The molecular weight excluding hydrogens is 304 g/mol. The maximum Gasteiger partial charge on any atom is 0.338 e. The molecule has 1 aromatic carbocycles. The van der Waals surface area contributed by atoms with Gasteiger partial charge in [-0.3, -0.25) is 4.79 Å². The molecule has 5 nitrogen and oxygen atoms in total. The molecule has 1 N–H and O–H groups in total. The number of hydrogen-bond acceptors (Lipinski definition) is 4. The van der Waals surface area contributed by atoms with Crippen LogP contribution in [0.15, 0.2) is 36.5 Å². The molecule has 0 bridgehead atoms. The van der Waals surface area contributed by atoms with Gasteiger partial charge in [0.1, 0.15) is 5.15 Å². The first-order valence-electron chi connectivity index (χ1n) is 6.62. The summed E-state index contributed by atoms with van der Waals surface area (Å²) >= 11 is 5.69. The zero-order chi connectivity index (χ0) is 16.1. The average Bonchev–Trinajstić information content (AvgIpc) is 2.49. The molecule has 1 aromatic heterocycles. The lowest BCUT2D eigenvalue weighted by atomic mass is 10.1. The van der Waals surface area contributed by atoms with Crippen LogP contribution in [0.2, 0.25) is 5.15 Å². The van der Waals surface area contributed by atoms with Crippen molar-refractivity contribution >= 4 is 29.2 Å². The molecule has 0 aliphatic heterocycles. The maximum absolute atomic E-state index is 11.9. The molecule has 0 radical (unpaired) electrons. The Bertz CT molecular complexity index is 716. The molecule has 0 aliphatic carbocycles. The van der Waals surface area contributed by atoms with E-state index in [4.69, 9.17) is 16.3 Å². The number of carbonyl (C=O) groups is 2. The van der Waals surface area contributed by atoms with Crippen molar-refractivity contribution < 1.29 is 14.3 Å². The van der Waals surface area contributed by atoms with Crippen molar-refractivity contribution in [3.05, 3.63) is 58.4 Å². The number of nitrogens with zero attached hydrogens (tertiary/aromatic N) is 1. The lowest BCUT2D eigenvalue weighted by Gasteiger charge is -2.10. The second-order valence-corrected chi connectivity index (χ2v) is 5.13. The summed E-state index contributed by atoms with van der Waals surface area (Å²) in [6.45, 7) is 3.50. The van der Waals surface area contributed by atoms with E-state index in [0.29, 0.717) is 5.69 Å². The van der Waals surface area contributed by atoms with Gasteiger partial charge in [-0.2, -0.15) is 0 Å². The van der Waals surface area contributed by atoms with Crippen LogP contribution >= 0.6 is 11.6 Å². The Morgan fingerprint density at radius 3 is 2.77 bits per heavy atom. The predicted octanol–water partition coefficient (Wildman–Crippen LogP) is 3.15. The minimum atomic E-state index is -0.625. The number of carbonyl (C=O) groups excluding carboxylic acids is 2. The third-order valence-electron chi connectivity index (χ3n) is 3.18. The number of nitrogens with one attached hydrogen (secondary N) is 1. The van der Waals surface area contributed by atoms with Crippen molar-refractivity contribution in [2.75, 3.05) is 11.9 Å². The number of aryl methyl sites for hydroxylation is 1. The molecule has 0 aliphatic rings. The highest BCUT2D eigenvalue weighted by atomic mass is 35.5. The zero-order valence-electron chi connectivity index (χ0n) is 12.2. The van der Waals surface area contributed by atoms with Gasteiger partial charge in [-0.1, -0.05) is 23.7 Å². The van der Waals surface area contributed by atoms with E-state index < -0.39 is 11.9 Å². The van der Waals surface area contributed by atoms with Crippen molar-refractivity contribution in [2.45, 2.75) is 13.8 Å². The number of anilines is 1. The highest BCUT2D eigenvalue weighted by molar-refractivity contribution is 6.29. The number of rotatable bonds is 4. The number of amides is 1. The fourth-order valence-corrected chi connectivity index (χ4v) is 1.99. The van der Waals surface area contributed by atoms with Crippen molar-refractivity contribution in [2.24, 2.45) is 0 Å².